The lowest BCUT2D eigenvalue weighted by Gasteiger charge is -2.14. The molecule has 1 aliphatic rings. The van der Waals surface area contributed by atoms with Crippen molar-refractivity contribution in [3.05, 3.63) is 54.6 Å². The highest BCUT2D eigenvalue weighted by atomic mass is 16.5. The quantitative estimate of drug-likeness (QED) is 0.396. The molecule has 3 nitrogen and oxygen atoms in total. The van der Waals surface area contributed by atoms with E-state index in [-0.39, 0.29) is 0 Å². The predicted molar refractivity (Wildman–Crippen MR) is 106 cm³/mol. The van der Waals surface area contributed by atoms with E-state index in [0.29, 0.717) is 0 Å². The lowest BCUT2D eigenvalue weighted by molar-refractivity contribution is 0.358. The number of ether oxygens (including phenoxy) is 3. The van der Waals surface area contributed by atoms with Crippen molar-refractivity contribution in [3.8, 4) is 39.5 Å². The van der Waals surface area contributed by atoms with Crippen molar-refractivity contribution < 1.29 is 14.2 Å². The molecule has 26 heavy (non-hydrogen) atoms. The molecule has 0 aliphatic heterocycles. The molecule has 3 heteroatoms. The van der Waals surface area contributed by atoms with Crippen molar-refractivity contribution in [2.75, 3.05) is 21.3 Å². The molecule has 5 rings (SSSR count). The van der Waals surface area contributed by atoms with Crippen LogP contribution in [0.25, 0.3) is 43.8 Å². The van der Waals surface area contributed by atoms with Crippen LogP contribution in [0.15, 0.2) is 54.6 Å². The summed E-state index contributed by atoms with van der Waals surface area (Å²) in [5, 5.41) is 4.75. The van der Waals surface area contributed by atoms with Crippen LogP contribution in [0.1, 0.15) is 0 Å². The van der Waals surface area contributed by atoms with E-state index in [1.807, 2.05) is 12.1 Å². The lowest BCUT2D eigenvalue weighted by Crippen LogP contribution is -1.92. The zero-order valence-corrected chi connectivity index (χ0v) is 14.9. The van der Waals surface area contributed by atoms with Gasteiger partial charge in [-0.2, -0.15) is 0 Å². The minimum Gasteiger partial charge on any atom is -0.497 e. The second-order valence-electron chi connectivity index (χ2n) is 6.46. The Hall–Kier alpha value is -3.20. The summed E-state index contributed by atoms with van der Waals surface area (Å²) in [5.74, 6) is 2.39. The molecule has 0 aromatic heterocycles. The molecule has 0 unspecified atom stereocenters. The molecule has 0 saturated heterocycles. The summed E-state index contributed by atoms with van der Waals surface area (Å²) in [5.41, 5.74) is 4.92. The van der Waals surface area contributed by atoms with Gasteiger partial charge in [0.15, 0.2) is 11.5 Å². The highest BCUT2D eigenvalue weighted by Crippen LogP contribution is 2.51. The van der Waals surface area contributed by atoms with Gasteiger partial charge in [-0.15, -0.1) is 0 Å². The number of hydrogen-bond donors (Lipinski definition) is 0. The van der Waals surface area contributed by atoms with Gasteiger partial charge in [0.05, 0.1) is 21.3 Å². The standard InChI is InChI=1S/C23H18O3/c1-24-13-7-8-15-18(11-13)17-6-4-5-16-14-9-10-21(25-2)23(26-3)20(14)12-19(15)22(16)17/h4-12H,1-3H3. The molecule has 0 radical (unpaired) electrons. The smallest absolute Gasteiger partial charge is 0.168 e. The molecule has 0 spiro atoms. The molecule has 0 fully saturated rings. The van der Waals surface area contributed by atoms with E-state index in [1.165, 1.54) is 38.4 Å². The van der Waals surface area contributed by atoms with E-state index in [1.54, 1.807) is 21.3 Å². The number of benzene rings is 4. The monoisotopic (exact) mass is 342 g/mol. The summed E-state index contributed by atoms with van der Waals surface area (Å²) in [6.07, 6.45) is 0. The van der Waals surface area contributed by atoms with Gasteiger partial charge in [0.2, 0.25) is 0 Å². The van der Waals surface area contributed by atoms with Gasteiger partial charge in [-0.05, 0) is 68.7 Å². The number of methoxy groups -OCH3 is 3. The third kappa shape index (κ3) is 1.83. The summed E-state index contributed by atoms with van der Waals surface area (Å²) in [7, 11) is 5.06. The van der Waals surface area contributed by atoms with Crippen LogP contribution in [-0.4, -0.2) is 21.3 Å². The van der Waals surface area contributed by atoms with Gasteiger partial charge in [0.1, 0.15) is 5.75 Å². The maximum atomic E-state index is 5.69. The molecule has 128 valence electrons. The first-order valence-corrected chi connectivity index (χ1v) is 8.56. The minimum absolute atomic E-state index is 0.746. The van der Waals surface area contributed by atoms with Gasteiger partial charge < -0.3 is 14.2 Å². The Morgan fingerprint density at radius 2 is 1.46 bits per heavy atom. The molecule has 0 amide bonds. The van der Waals surface area contributed by atoms with Crippen molar-refractivity contribution in [2.24, 2.45) is 0 Å². The van der Waals surface area contributed by atoms with Crippen LogP contribution in [0.2, 0.25) is 0 Å². The van der Waals surface area contributed by atoms with Gasteiger partial charge in [-0.3, -0.25) is 0 Å². The Bertz CT molecular complexity index is 1190. The van der Waals surface area contributed by atoms with Crippen molar-refractivity contribution >= 4 is 21.5 Å². The van der Waals surface area contributed by atoms with Crippen molar-refractivity contribution in [1.29, 1.82) is 0 Å². The van der Waals surface area contributed by atoms with Gasteiger partial charge >= 0.3 is 0 Å². The van der Waals surface area contributed by atoms with Crippen LogP contribution >= 0.6 is 0 Å². The van der Waals surface area contributed by atoms with Gasteiger partial charge in [-0.25, -0.2) is 0 Å². The third-order valence-corrected chi connectivity index (χ3v) is 5.30. The summed E-state index contributed by atoms with van der Waals surface area (Å²) in [6.45, 7) is 0. The Morgan fingerprint density at radius 1 is 0.577 bits per heavy atom. The molecule has 0 bridgehead atoms. The summed E-state index contributed by atoms with van der Waals surface area (Å²) in [4.78, 5) is 0. The maximum absolute atomic E-state index is 5.69. The Balaban J connectivity index is 1.96. The van der Waals surface area contributed by atoms with E-state index in [4.69, 9.17) is 14.2 Å². The predicted octanol–water partition coefficient (Wildman–Crippen LogP) is 5.67. The molecule has 1 aliphatic carbocycles. The van der Waals surface area contributed by atoms with Crippen LogP contribution in [0.5, 0.6) is 17.2 Å². The molecule has 0 N–H and O–H groups in total. The first-order chi connectivity index (χ1) is 12.8. The highest BCUT2D eigenvalue weighted by Gasteiger charge is 2.24. The second-order valence-corrected chi connectivity index (χ2v) is 6.46. The van der Waals surface area contributed by atoms with Crippen LogP contribution in [0, 0.1) is 0 Å². The summed E-state index contributed by atoms with van der Waals surface area (Å²) in [6, 6.07) is 19.1. The fourth-order valence-electron chi connectivity index (χ4n) is 4.16. The van der Waals surface area contributed by atoms with E-state index in [2.05, 4.69) is 42.5 Å². The molecular weight excluding hydrogens is 324 g/mol. The number of hydrogen-bond acceptors (Lipinski definition) is 3. The Kier molecular flexibility index (Phi) is 3.13. The van der Waals surface area contributed by atoms with Crippen LogP contribution < -0.4 is 14.2 Å². The first-order valence-electron chi connectivity index (χ1n) is 8.56. The average Bonchev–Trinajstić information content (AvgIpc) is 3.01. The SMILES string of the molecule is COc1ccc2c(c1)-c1cccc3c1c-2cc1c(OC)c(OC)ccc13. The van der Waals surface area contributed by atoms with E-state index >= 15 is 0 Å². The zero-order chi connectivity index (χ0) is 17.8. The summed E-state index contributed by atoms with van der Waals surface area (Å²) < 4.78 is 16.6. The van der Waals surface area contributed by atoms with E-state index < -0.39 is 0 Å². The number of rotatable bonds is 3. The highest BCUT2D eigenvalue weighted by molar-refractivity contribution is 6.24. The van der Waals surface area contributed by atoms with Crippen LogP contribution in [-0.2, 0) is 0 Å². The Morgan fingerprint density at radius 3 is 2.23 bits per heavy atom. The van der Waals surface area contributed by atoms with Gasteiger partial charge in [0.25, 0.3) is 0 Å². The Labute approximate surface area is 151 Å². The molecular formula is C23H18O3. The fraction of sp³-hybridized carbons (Fsp3) is 0.130. The maximum Gasteiger partial charge on any atom is 0.168 e. The topological polar surface area (TPSA) is 27.7 Å². The van der Waals surface area contributed by atoms with E-state index in [0.717, 1.165) is 22.6 Å². The largest absolute Gasteiger partial charge is 0.497 e. The lowest BCUT2D eigenvalue weighted by atomic mass is 9.96. The minimum atomic E-state index is 0.746. The molecule has 4 aromatic rings. The van der Waals surface area contributed by atoms with Crippen molar-refractivity contribution in [2.45, 2.75) is 0 Å². The second kappa shape index (κ2) is 5.40. The van der Waals surface area contributed by atoms with Crippen molar-refractivity contribution in [3.63, 3.8) is 0 Å². The normalized spacial score (nSPS) is 11.7. The zero-order valence-electron chi connectivity index (χ0n) is 14.9. The van der Waals surface area contributed by atoms with E-state index in [9.17, 15) is 0 Å². The van der Waals surface area contributed by atoms with Crippen molar-refractivity contribution in [1.82, 2.24) is 0 Å². The molecule has 0 atom stereocenters. The van der Waals surface area contributed by atoms with Crippen LogP contribution in [0.3, 0.4) is 0 Å². The third-order valence-electron chi connectivity index (χ3n) is 5.30. The average molecular weight is 342 g/mol. The van der Waals surface area contributed by atoms with Crippen LogP contribution in [0.4, 0.5) is 0 Å². The number of fused-ring (bicyclic) bond motifs is 5. The summed E-state index contributed by atoms with van der Waals surface area (Å²) >= 11 is 0. The molecule has 0 heterocycles. The first kappa shape index (κ1) is 15.1. The molecule has 0 saturated carbocycles. The van der Waals surface area contributed by atoms with Gasteiger partial charge in [-0.1, -0.05) is 24.3 Å². The fourth-order valence-corrected chi connectivity index (χ4v) is 4.16. The molecule has 4 aromatic carbocycles. The van der Waals surface area contributed by atoms with Gasteiger partial charge in [0, 0.05) is 5.39 Å².